The molecule has 0 aliphatic heterocycles. The van der Waals surface area contributed by atoms with Crippen LogP contribution in [0.4, 0.5) is 11.4 Å². The number of para-hydroxylation sites is 1. The molecule has 0 aliphatic carbocycles. The van der Waals surface area contributed by atoms with Gasteiger partial charge in [-0.1, -0.05) is 24.6 Å². The van der Waals surface area contributed by atoms with E-state index in [9.17, 15) is 10.1 Å². The van der Waals surface area contributed by atoms with Gasteiger partial charge in [-0.2, -0.15) is 0 Å². The first-order valence-corrected chi connectivity index (χ1v) is 5.66. The van der Waals surface area contributed by atoms with Crippen molar-refractivity contribution in [1.29, 1.82) is 0 Å². The molecule has 94 valence electrons. The maximum absolute atomic E-state index is 10.9. The number of nitro benzene ring substituents is 1. The average Bonchev–Trinajstić information content (AvgIpc) is 2.30. The molecule has 1 unspecified atom stereocenters. The van der Waals surface area contributed by atoms with Crippen molar-refractivity contribution < 1.29 is 9.66 Å². The maximum Gasteiger partial charge on any atom is 0.293 e. The molecule has 0 bridgehead atoms. The lowest BCUT2D eigenvalue weighted by Crippen LogP contribution is -2.24. The summed E-state index contributed by atoms with van der Waals surface area (Å²) in [7, 11) is 1.59. The molecule has 0 saturated heterocycles. The van der Waals surface area contributed by atoms with Gasteiger partial charge in [0, 0.05) is 19.2 Å². The van der Waals surface area contributed by atoms with Crippen LogP contribution in [0.1, 0.15) is 13.3 Å². The van der Waals surface area contributed by atoms with Crippen LogP contribution in [0, 0.1) is 10.1 Å². The molecular weight excluding hydrogens is 244 g/mol. The van der Waals surface area contributed by atoms with Gasteiger partial charge in [0.2, 0.25) is 0 Å². The topological polar surface area (TPSA) is 64.4 Å². The summed E-state index contributed by atoms with van der Waals surface area (Å²) in [6.07, 6.45) is 0.788. The maximum atomic E-state index is 10.9. The van der Waals surface area contributed by atoms with Crippen LogP contribution in [0.25, 0.3) is 0 Å². The summed E-state index contributed by atoms with van der Waals surface area (Å²) < 4.78 is 5.03. The minimum absolute atomic E-state index is 0.00130. The van der Waals surface area contributed by atoms with Crippen LogP contribution in [0.15, 0.2) is 18.2 Å². The number of nitro groups is 1. The Bertz CT molecular complexity index is 398. The predicted octanol–water partition coefficient (Wildman–Crippen LogP) is 3.09. The molecule has 0 radical (unpaired) electrons. The molecule has 1 aromatic rings. The van der Waals surface area contributed by atoms with Gasteiger partial charge in [-0.05, 0) is 12.5 Å². The van der Waals surface area contributed by atoms with Crippen molar-refractivity contribution in [1.82, 2.24) is 0 Å². The van der Waals surface area contributed by atoms with Crippen LogP contribution in [-0.2, 0) is 4.74 Å². The summed E-state index contributed by atoms with van der Waals surface area (Å²) in [6, 6.07) is 4.60. The van der Waals surface area contributed by atoms with Crippen molar-refractivity contribution in [3.8, 4) is 0 Å². The Labute approximate surface area is 105 Å². The second-order valence-corrected chi connectivity index (χ2v) is 4.00. The second kappa shape index (κ2) is 6.42. The van der Waals surface area contributed by atoms with E-state index in [2.05, 4.69) is 5.32 Å². The summed E-state index contributed by atoms with van der Waals surface area (Å²) in [5.41, 5.74) is 0.329. The Hall–Kier alpha value is -1.33. The van der Waals surface area contributed by atoms with E-state index in [0.29, 0.717) is 17.3 Å². The largest absolute Gasteiger partial charge is 0.383 e. The van der Waals surface area contributed by atoms with Gasteiger partial charge in [0.25, 0.3) is 5.69 Å². The van der Waals surface area contributed by atoms with Crippen molar-refractivity contribution >= 4 is 23.0 Å². The van der Waals surface area contributed by atoms with Crippen LogP contribution < -0.4 is 5.32 Å². The Balaban J connectivity index is 2.99. The van der Waals surface area contributed by atoms with E-state index in [1.54, 1.807) is 19.2 Å². The number of anilines is 1. The molecule has 1 atom stereocenters. The zero-order chi connectivity index (χ0) is 12.8. The Morgan fingerprint density at radius 1 is 1.59 bits per heavy atom. The summed E-state index contributed by atoms with van der Waals surface area (Å²) in [5, 5.41) is 14.3. The SMILES string of the molecule is CCC(COC)Nc1c(Cl)cccc1[N+](=O)[O-]. The second-order valence-electron chi connectivity index (χ2n) is 3.60. The van der Waals surface area contributed by atoms with Gasteiger partial charge in [0.05, 0.1) is 16.6 Å². The van der Waals surface area contributed by atoms with Gasteiger partial charge in [-0.15, -0.1) is 0 Å². The first kappa shape index (κ1) is 13.7. The number of nitrogens with one attached hydrogen (secondary N) is 1. The molecule has 0 aromatic heterocycles. The van der Waals surface area contributed by atoms with E-state index < -0.39 is 4.92 Å². The quantitative estimate of drug-likeness (QED) is 0.629. The zero-order valence-corrected chi connectivity index (χ0v) is 10.5. The molecule has 1 rings (SSSR count). The Kier molecular flexibility index (Phi) is 5.18. The van der Waals surface area contributed by atoms with Crippen LogP contribution in [0.3, 0.4) is 0 Å². The fraction of sp³-hybridized carbons (Fsp3) is 0.455. The van der Waals surface area contributed by atoms with Crippen LogP contribution in [0.5, 0.6) is 0 Å². The third-order valence-electron chi connectivity index (χ3n) is 2.40. The van der Waals surface area contributed by atoms with Gasteiger partial charge < -0.3 is 10.1 Å². The minimum atomic E-state index is -0.451. The summed E-state index contributed by atoms with van der Waals surface area (Å²) in [4.78, 5) is 10.4. The third-order valence-corrected chi connectivity index (χ3v) is 2.71. The van der Waals surface area contributed by atoms with E-state index in [-0.39, 0.29) is 11.7 Å². The van der Waals surface area contributed by atoms with Crippen molar-refractivity contribution in [2.24, 2.45) is 0 Å². The van der Waals surface area contributed by atoms with Crippen molar-refractivity contribution in [2.75, 3.05) is 19.0 Å². The van der Waals surface area contributed by atoms with Gasteiger partial charge in [0.1, 0.15) is 5.69 Å². The number of hydrogen-bond acceptors (Lipinski definition) is 4. The molecule has 0 saturated carbocycles. The lowest BCUT2D eigenvalue weighted by Gasteiger charge is -2.18. The van der Waals surface area contributed by atoms with Crippen molar-refractivity contribution in [3.05, 3.63) is 33.3 Å². The minimum Gasteiger partial charge on any atom is -0.383 e. The number of rotatable bonds is 6. The lowest BCUT2D eigenvalue weighted by molar-refractivity contribution is -0.384. The molecule has 0 spiro atoms. The normalized spacial score (nSPS) is 12.2. The van der Waals surface area contributed by atoms with E-state index in [1.807, 2.05) is 6.92 Å². The summed E-state index contributed by atoms with van der Waals surface area (Å²) >= 11 is 5.97. The van der Waals surface area contributed by atoms with Gasteiger partial charge in [0.15, 0.2) is 0 Å². The van der Waals surface area contributed by atoms with Gasteiger partial charge >= 0.3 is 0 Å². The molecular formula is C11H15ClN2O3. The molecule has 0 heterocycles. The molecule has 0 fully saturated rings. The molecule has 0 aliphatic rings. The van der Waals surface area contributed by atoms with Crippen LogP contribution in [0.2, 0.25) is 5.02 Å². The number of methoxy groups -OCH3 is 1. The first-order valence-electron chi connectivity index (χ1n) is 5.28. The monoisotopic (exact) mass is 258 g/mol. The Morgan fingerprint density at radius 2 is 2.29 bits per heavy atom. The molecule has 6 heteroatoms. The predicted molar refractivity (Wildman–Crippen MR) is 67.7 cm³/mol. The molecule has 1 aromatic carbocycles. The summed E-state index contributed by atoms with van der Waals surface area (Å²) in [6.45, 7) is 2.44. The zero-order valence-electron chi connectivity index (χ0n) is 9.77. The van der Waals surface area contributed by atoms with E-state index in [0.717, 1.165) is 6.42 Å². The van der Waals surface area contributed by atoms with Gasteiger partial charge in [-0.25, -0.2) is 0 Å². The number of nitrogens with zero attached hydrogens (tertiary/aromatic N) is 1. The van der Waals surface area contributed by atoms with E-state index >= 15 is 0 Å². The standard InChI is InChI=1S/C11H15ClN2O3/c1-3-8(7-17-2)13-11-9(12)5-4-6-10(11)14(15)16/h4-6,8,13H,3,7H2,1-2H3. The van der Waals surface area contributed by atoms with Crippen LogP contribution in [-0.4, -0.2) is 24.7 Å². The Morgan fingerprint density at radius 3 is 2.82 bits per heavy atom. The molecule has 5 nitrogen and oxygen atoms in total. The fourth-order valence-electron chi connectivity index (χ4n) is 1.47. The number of hydrogen-bond donors (Lipinski definition) is 1. The lowest BCUT2D eigenvalue weighted by atomic mass is 10.2. The first-order chi connectivity index (χ1) is 8.10. The van der Waals surface area contributed by atoms with Crippen LogP contribution >= 0.6 is 11.6 Å². The fourth-order valence-corrected chi connectivity index (χ4v) is 1.70. The smallest absolute Gasteiger partial charge is 0.293 e. The van der Waals surface area contributed by atoms with Crippen molar-refractivity contribution in [2.45, 2.75) is 19.4 Å². The highest BCUT2D eigenvalue weighted by atomic mass is 35.5. The van der Waals surface area contributed by atoms with Crippen molar-refractivity contribution in [3.63, 3.8) is 0 Å². The molecule has 1 N–H and O–H groups in total. The number of ether oxygens (including phenoxy) is 1. The average molecular weight is 259 g/mol. The highest BCUT2D eigenvalue weighted by molar-refractivity contribution is 6.33. The third kappa shape index (κ3) is 3.57. The molecule has 17 heavy (non-hydrogen) atoms. The molecule has 0 amide bonds. The van der Waals surface area contributed by atoms with E-state index in [1.165, 1.54) is 6.07 Å². The summed E-state index contributed by atoms with van der Waals surface area (Å²) in [5.74, 6) is 0. The highest BCUT2D eigenvalue weighted by Gasteiger charge is 2.19. The number of halogens is 1. The van der Waals surface area contributed by atoms with E-state index in [4.69, 9.17) is 16.3 Å². The number of benzene rings is 1. The van der Waals surface area contributed by atoms with Gasteiger partial charge in [-0.3, -0.25) is 10.1 Å². The highest BCUT2D eigenvalue weighted by Crippen LogP contribution is 2.32.